The molecule has 1 aliphatic carbocycles. The summed E-state index contributed by atoms with van der Waals surface area (Å²) in [4.78, 5) is 34.1. The van der Waals surface area contributed by atoms with E-state index >= 15 is 0 Å². The maximum atomic E-state index is 11.9. The van der Waals surface area contributed by atoms with Crippen LogP contribution in [0.4, 0.5) is 4.79 Å². The lowest BCUT2D eigenvalue weighted by atomic mass is 10.2. The van der Waals surface area contributed by atoms with E-state index in [2.05, 4.69) is 21.5 Å². The molecule has 0 saturated heterocycles. The minimum absolute atomic E-state index is 0.122. The molecule has 0 bridgehead atoms. The Morgan fingerprint density at radius 2 is 1.96 bits per heavy atom. The predicted molar refractivity (Wildman–Crippen MR) is 85.9 cm³/mol. The van der Waals surface area contributed by atoms with Gasteiger partial charge in [-0.3, -0.25) is 15.6 Å². The zero-order valence-electron chi connectivity index (χ0n) is 13.9. The van der Waals surface area contributed by atoms with Crippen LogP contribution in [0.1, 0.15) is 13.3 Å². The molecule has 0 aromatic carbocycles. The molecule has 0 radical (unpaired) electrons. The minimum atomic E-state index is -1.46. The highest BCUT2D eigenvalue weighted by Crippen LogP contribution is 2.42. The van der Waals surface area contributed by atoms with Crippen LogP contribution in [0.3, 0.4) is 0 Å². The quantitative estimate of drug-likeness (QED) is 0.128. The summed E-state index contributed by atoms with van der Waals surface area (Å²) in [5, 5.41) is 31.6. The largest absolute Gasteiger partial charge is 0.480 e. The number of carboxylic acid groups (broad SMARTS) is 1. The van der Waals surface area contributed by atoms with E-state index in [-0.39, 0.29) is 19.5 Å². The number of aliphatic hydroxyl groups is 2. The van der Waals surface area contributed by atoms with Crippen LogP contribution in [0.2, 0.25) is 0 Å². The molecule has 5 atom stereocenters. The first kappa shape index (κ1) is 21.1. The molecular formula is C13H26N6O6. The Kier molecular flexibility index (Phi) is 7.51. The molecule has 0 spiro atoms. The molecule has 12 heteroatoms. The van der Waals surface area contributed by atoms with E-state index in [1.54, 1.807) is 6.92 Å². The molecule has 11 N–H and O–H groups in total. The normalized spacial score (nSPS) is 25.5. The van der Waals surface area contributed by atoms with E-state index in [9.17, 15) is 19.5 Å². The number of aliphatic hydroxyl groups excluding tert-OH is 2. The first-order chi connectivity index (χ1) is 11.6. The van der Waals surface area contributed by atoms with Crippen molar-refractivity contribution in [2.75, 3.05) is 19.7 Å². The van der Waals surface area contributed by atoms with Crippen LogP contribution in [0.15, 0.2) is 0 Å². The number of amides is 3. The summed E-state index contributed by atoms with van der Waals surface area (Å²) in [5.41, 5.74) is 15.5. The van der Waals surface area contributed by atoms with Crippen LogP contribution in [0, 0.1) is 5.92 Å². The number of nitrogens with two attached hydrogens (primary N) is 2. The molecule has 1 saturated carbocycles. The number of carbonyl (C=O) groups excluding carboxylic acids is 2. The fourth-order valence-electron chi connectivity index (χ4n) is 2.24. The zero-order valence-corrected chi connectivity index (χ0v) is 13.9. The van der Waals surface area contributed by atoms with Gasteiger partial charge in [0.2, 0.25) is 5.91 Å². The maximum Gasteiger partial charge on any atom is 0.328 e. The molecule has 0 aromatic heterocycles. The highest BCUT2D eigenvalue weighted by Gasteiger charge is 2.58. The summed E-state index contributed by atoms with van der Waals surface area (Å²) in [6.07, 6.45) is -0.429. The van der Waals surface area contributed by atoms with Crippen LogP contribution in [0.5, 0.6) is 0 Å². The lowest BCUT2D eigenvalue weighted by molar-refractivity contribution is -0.140. The van der Waals surface area contributed by atoms with Crippen molar-refractivity contribution in [1.82, 2.24) is 21.5 Å². The molecule has 1 aliphatic rings. The highest BCUT2D eigenvalue weighted by molar-refractivity contribution is 5.87. The molecular weight excluding hydrogens is 336 g/mol. The number of hydrogen-bond donors (Lipinski definition) is 9. The Hall–Kier alpha value is -1.99. The van der Waals surface area contributed by atoms with E-state index in [1.165, 1.54) is 0 Å². The highest BCUT2D eigenvalue weighted by atomic mass is 16.4. The molecule has 0 aliphatic heterocycles. The molecule has 1 rings (SSSR count). The lowest BCUT2D eigenvalue weighted by Gasteiger charge is -2.22. The van der Waals surface area contributed by atoms with Gasteiger partial charge in [0.25, 0.3) is 0 Å². The van der Waals surface area contributed by atoms with Crippen molar-refractivity contribution in [1.29, 1.82) is 0 Å². The zero-order chi connectivity index (χ0) is 19.2. The van der Waals surface area contributed by atoms with Gasteiger partial charge in [0.05, 0.1) is 24.2 Å². The third kappa shape index (κ3) is 6.10. The topological polar surface area (TPSA) is 212 Å². The Balaban J connectivity index is 2.55. The van der Waals surface area contributed by atoms with E-state index in [4.69, 9.17) is 21.7 Å². The van der Waals surface area contributed by atoms with Gasteiger partial charge in [0.15, 0.2) is 6.04 Å². The minimum Gasteiger partial charge on any atom is -0.480 e. The van der Waals surface area contributed by atoms with Gasteiger partial charge in [0.1, 0.15) is 0 Å². The van der Waals surface area contributed by atoms with Crippen molar-refractivity contribution in [2.24, 2.45) is 17.4 Å². The molecule has 0 aromatic rings. The van der Waals surface area contributed by atoms with Crippen LogP contribution in [0.25, 0.3) is 0 Å². The number of primary amides is 1. The van der Waals surface area contributed by atoms with Gasteiger partial charge >= 0.3 is 12.0 Å². The van der Waals surface area contributed by atoms with Gasteiger partial charge in [-0.05, 0) is 13.3 Å². The Morgan fingerprint density at radius 3 is 2.40 bits per heavy atom. The van der Waals surface area contributed by atoms with Crippen molar-refractivity contribution in [3.63, 3.8) is 0 Å². The lowest BCUT2D eigenvalue weighted by Crippen LogP contribution is -2.57. The molecule has 0 heterocycles. The van der Waals surface area contributed by atoms with E-state index in [0.717, 1.165) is 0 Å². The molecule has 2 unspecified atom stereocenters. The summed E-state index contributed by atoms with van der Waals surface area (Å²) in [7, 11) is 0. The second-order valence-corrected chi connectivity index (χ2v) is 6.13. The molecule has 12 nitrogen and oxygen atoms in total. The standard InChI is InChI=1S/C13H26N6O6/c1-6(21)8(14)3-16-17-5-13(2-7(13)10(15)22)19-12(25)18-9(4-20)11(23)24/h6-9,16-17,20-21H,2-5,14H2,1H3,(H2,15,22)(H,23,24)(H2,18,19,25)/t6?,7-,8+,9-,13?/m0/s1. The summed E-state index contributed by atoms with van der Waals surface area (Å²) in [6.45, 7) is 1.14. The first-order valence-corrected chi connectivity index (χ1v) is 7.74. The Labute approximate surface area is 144 Å². The molecule has 144 valence electrons. The van der Waals surface area contributed by atoms with Crippen molar-refractivity contribution in [2.45, 2.75) is 37.1 Å². The van der Waals surface area contributed by atoms with Crippen molar-refractivity contribution < 1.29 is 29.7 Å². The number of nitrogens with one attached hydrogen (secondary N) is 4. The molecule has 25 heavy (non-hydrogen) atoms. The second-order valence-electron chi connectivity index (χ2n) is 6.13. The Bertz CT molecular complexity index is 503. The number of urea groups is 1. The number of aliphatic carboxylic acids is 1. The smallest absolute Gasteiger partial charge is 0.328 e. The third-order valence-corrected chi connectivity index (χ3v) is 4.05. The second kappa shape index (κ2) is 8.92. The van der Waals surface area contributed by atoms with E-state index in [1.807, 2.05) is 0 Å². The first-order valence-electron chi connectivity index (χ1n) is 7.74. The maximum absolute atomic E-state index is 11.9. The SMILES string of the molecule is CC(O)[C@H](N)CNNCC1(NC(=O)N[C@@H](CO)C(=O)O)C[C@H]1C(N)=O. The van der Waals surface area contributed by atoms with Gasteiger partial charge in [-0.2, -0.15) is 0 Å². The summed E-state index contributed by atoms with van der Waals surface area (Å²) >= 11 is 0. The van der Waals surface area contributed by atoms with Crippen LogP contribution in [-0.2, 0) is 9.59 Å². The van der Waals surface area contributed by atoms with Crippen LogP contribution < -0.4 is 33.0 Å². The third-order valence-electron chi connectivity index (χ3n) is 4.05. The summed E-state index contributed by atoms with van der Waals surface area (Å²) in [6, 6.07) is -2.81. The monoisotopic (exact) mass is 362 g/mol. The number of hydrogen-bond acceptors (Lipinski definition) is 8. The molecule has 3 amide bonds. The number of hydrazine groups is 1. The van der Waals surface area contributed by atoms with Crippen molar-refractivity contribution >= 4 is 17.9 Å². The molecule has 1 fully saturated rings. The fourth-order valence-corrected chi connectivity index (χ4v) is 2.24. The predicted octanol–water partition coefficient (Wildman–Crippen LogP) is -4.22. The number of rotatable bonds is 11. The van der Waals surface area contributed by atoms with Gasteiger partial charge < -0.3 is 37.4 Å². The number of carboxylic acids is 1. The summed E-state index contributed by atoms with van der Waals surface area (Å²) < 4.78 is 0. The average Bonchev–Trinajstić information content (AvgIpc) is 3.23. The van der Waals surface area contributed by atoms with Gasteiger partial charge in [-0.15, -0.1) is 0 Å². The van der Waals surface area contributed by atoms with E-state index < -0.39 is 54.2 Å². The van der Waals surface area contributed by atoms with Gasteiger partial charge in [0, 0.05) is 19.1 Å². The van der Waals surface area contributed by atoms with Crippen molar-refractivity contribution in [3.05, 3.63) is 0 Å². The van der Waals surface area contributed by atoms with Gasteiger partial charge in [-0.1, -0.05) is 0 Å². The van der Waals surface area contributed by atoms with Gasteiger partial charge in [-0.25, -0.2) is 9.59 Å². The van der Waals surface area contributed by atoms with Crippen molar-refractivity contribution in [3.8, 4) is 0 Å². The fraction of sp³-hybridized carbons (Fsp3) is 0.769. The number of carbonyl (C=O) groups is 3. The average molecular weight is 362 g/mol. The van der Waals surface area contributed by atoms with E-state index in [0.29, 0.717) is 0 Å². The van der Waals surface area contributed by atoms with Crippen LogP contribution in [-0.4, -0.2) is 76.7 Å². The summed E-state index contributed by atoms with van der Waals surface area (Å²) in [5.74, 6) is -2.60. The van der Waals surface area contributed by atoms with Crippen LogP contribution >= 0.6 is 0 Å². The Morgan fingerprint density at radius 1 is 1.32 bits per heavy atom.